The van der Waals surface area contributed by atoms with Gasteiger partial charge in [0.2, 0.25) is 69.4 Å². The molecular formula is C114H89Cl4N9O18. The van der Waals surface area contributed by atoms with Crippen molar-refractivity contribution in [1.82, 2.24) is 4.90 Å². The van der Waals surface area contributed by atoms with Crippen molar-refractivity contribution in [3.05, 3.63) is 468 Å². The number of carbonyl (C=O) groups excluding carboxylic acids is 12. The van der Waals surface area contributed by atoms with Crippen molar-refractivity contribution < 1.29 is 81.8 Å². The van der Waals surface area contributed by atoms with E-state index in [1.807, 2.05) is 105 Å². The van der Waals surface area contributed by atoms with Gasteiger partial charge in [-0.15, -0.1) is 0 Å². The monoisotopic (exact) mass is 2010 g/mol. The number of ketones is 12. The molecule has 20 rings (SSSR count). The summed E-state index contributed by atoms with van der Waals surface area (Å²) in [4.78, 5) is 165. The second-order valence-corrected chi connectivity index (χ2v) is 35.2. The Morgan fingerprint density at radius 2 is 0.572 bits per heavy atom. The number of fused-ring (bicyclic) bond motifs is 6. The molecule has 726 valence electrons. The van der Waals surface area contributed by atoms with Crippen LogP contribution in [-0.2, 0) is 0 Å². The minimum atomic E-state index is -0.501. The van der Waals surface area contributed by atoms with Crippen LogP contribution in [0.15, 0.2) is 363 Å². The van der Waals surface area contributed by atoms with Crippen LogP contribution in [0.3, 0.4) is 0 Å². The molecule has 0 amide bonds. The predicted molar refractivity (Wildman–Crippen MR) is 559 cm³/mol. The first-order valence-corrected chi connectivity index (χ1v) is 46.7. The van der Waals surface area contributed by atoms with Gasteiger partial charge in [-0.1, -0.05) is 252 Å². The van der Waals surface area contributed by atoms with E-state index in [1.54, 1.807) is 228 Å². The normalized spacial score (nSPS) is 14.3. The molecule has 1 heterocycles. The number of benzene rings is 13. The second-order valence-electron chi connectivity index (χ2n) is 33.6. The molecule has 0 radical (unpaired) electrons. The van der Waals surface area contributed by atoms with Crippen molar-refractivity contribution >= 4 is 161 Å². The molecule has 27 nitrogen and oxygen atoms in total. The Labute approximate surface area is 852 Å². The summed E-state index contributed by atoms with van der Waals surface area (Å²) in [7, 11) is 4.67. The number of nitro groups is 1. The number of anilines is 7. The summed E-state index contributed by atoms with van der Waals surface area (Å²) in [6.07, 6.45) is 2.09. The van der Waals surface area contributed by atoms with Gasteiger partial charge < -0.3 is 61.4 Å². The molecule has 13 aromatic rings. The Bertz CT molecular complexity index is 7770. The fourth-order valence-electron chi connectivity index (χ4n) is 16.7. The minimum absolute atomic E-state index is 0.0219. The average Bonchev–Trinajstić information content (AvgIpc) is 1.72. The Morgan fingerprint density at radius 3 is 0.945 bits per heavy atom. The number of nitrogens with zero attached hydrogens (tertiary/aromatic N) is 2. The third kappa shape index (κ3) is 22.2. The molecule has 0 spiro atoms. The highest BCUT2D eigenvalue weighted by Crippen LogP contribution is 2.41. The van der Waals surface area contributed by atoms with E-state index in [4.69, 9.17) is 60.6 Å². The van der Waals surface area contributed by atoms with Gasteiger partial charge in [-0.2, -0.15) is 0 Å². The molecule has 0 atom stereocenters. The van der Waals surface area contributed by atoms with Gasteiger partial charge in [0.05, 0.1) is 26.3 Å². The number of non-ortho nitro benzene ring substituents is 1. The molecule has 0 aromatic heterocycles. The zero-order valence-corrected chi connectivity index (χ0v) is 81.9. The Balaban J connectivity index is 0.000000131. The maximum atomic E-state index is 13.2. The molecule has 13 aromatic carbocycles. The number of nitrogens with one attached hydrogen (secondary N) is 7. The average molecular weight is 2010 g/mol. The Morgan fingerprint density at radius 1 is 0.276 bits per heavy atom. The van der Waals surface area contributed by atoms with Crippen LogP contribution in [0.1, 0.15) is 165 Å². The van der Waals surface area contributed by atoms with E-state index in [0.29, 0.717) is 129 Å². The fraction of sp³-hybridized carbons (Fsp3) is 0.105. The number of methoxy groups -OCH3 is 3. The van der Waals surface area contributed by atoms with Gasteiger partial charge in [-0.05, 0) is 143 Å². The van der Waals surface area contributed by atoms with Gasteiger partial charge >= 0.3 is 0 Å². The van der Waals surface area contributed by atoms with Gasteiger partial charge in [0.25, 0.3) is 5.69 Å². The molecule has 8 N–H and O–H groups in total. The highest BCUT2D eigenvalue weighted by molar-refractivity contribution is 6.53. The van der Waals surface area contributed by atoms with Crippen LogP contribution >= 0.6 is 46.4 Å². The number of hydrogen-bond donors (Lipinski definition) is 8. The number of hydrogen-bond acceptors (Lipinski definition) is 26. The summed E-state index contributed by atoms with van der Waals surface area (Å²) in [5.41, 5.74) is 13.9. The number of para-hydroxylation sites is 2. The van der Waals surface area contributed by atoms with E-state index in [9.17, 15) is 72.8 Å². The number of Topliss-reactive ketones (excluding diaryl/α,β-unsaturated/α-hetero) is 12. The van der Waals surface area contributed by atoms with Crippen LogP contribution in [0.25, 0.3) is 0 Å². The number of rotatable bonds is 19. The van der Waals surface area contributed by atoms with Crippen LogP contribution in [0.4, 0.5) is 45.5 Å². The number of phenols is 1. The maximum absolute atomic E-state index is 13.2. The van der Waals surface area contributed by atoms with E-state index >= 15 is 0 Å². The molecule has 31 heteroatoms. The maximum Gasteiger partial charge on any atom is 0.271 e. The van der Waals surface area contributed by atoms with Gasteiger partial charge in [0.1, 0.15) is 77.2 Å². The summed E-state index contributed by atoms with van der Waals surface area (Å²) in [5.74, 6) is -1.62. The third-order valence-electron chi connectivity index (χ3n) is 23.9. The number of ether oxygens (including phenoxy) is 3. The quantitative estimate of drug-likeness (QED) is 0.0275. The summed E-state index contributed by atoms with van der Waals surface area (Å²) in [5, 5.41) is 41.4. The largest absolute Gasteiger partial charge is 0.508 e. The van der Waals surface area contributed by atoms with E-state index in [-0.39, 0.29) is 135 Å². The van der Waals surface area contributed by atoms with Gasteiger partial charge in [-0.25, -0.2) is 0 Å². The highest BCUT2D eigenvalue weighted by Gasteiger charge is 2.40. The second kappa shape index (κ2) is 45.0. The molecule has 1 aliphatic heterocycles. The van der Waals surface area contributed by atoms with Crippen LogP contribution < -0.4 is 51.4 Å². The van der Waals surface area contributed by atoms with Gasteiger partial charge in [0.15, 0.2) is 11.5 Å². The van der Waals surface area contributed by atoms with Crippen LogP contribution in [-0.4, -0.2) is 119 Å². The highest BCUT2D eigenvalue weighted by atomic mass is 35.5. The zero-order chi connectivity index (χ0) is 103. The molecule has 145 heavy (non-hydrogen) atoms. The fourth-order valence-corrected chi connectivity index (χ4v) is 17.6. The number of phenolic OH excluding ortho intramolecular Hbond substituents is 1. The van der Waals surface area contributed by atoms with E-state index in [0.717, 1.165) is 54.1 Å². The van der Waals surface area contributed by atoms with E-state index in [2.05, 4.69) is 37.2 Å². The number of carbonyl (C=O) groups is 12. The predicted octanol–water partition coefficient (Wildman–Crippen LogP) is 23.7. The standard InChI is InChI=1S/C23H17N3O4.C20H18N2O2.C19H16ClNO4.C18H14ClNO3.C17H12ClNO3.C17H12ClNO2/c1-14-11-16(13-17(12-14)26(29)30)25-21-20(24-15-7-3-2-4-8-15)22(27)18-9-5-6-10-19(18)23(21)28;23-19-15-10-4-5-11-16(15)20(24)18(22-12-6-7-13-22)17(19)21-14-8-2-1-3-9-14;1-10-8-11(9-14(24-2)19(10)25-3)21-16-15(20)17(22)12-6-4-5-7-13(12)18(16)23;1-10-9-11(7-8-14(10)23-2)20-16-15(19)17(21)12-5-3-4-6-13(12)18(16)22;1-9-6-7-10(8-13(9)20)19-15-14(18)16(21)11-4-2-3-5-12(11)17(15)22;1-10-6-8-11(9-7-10)19-15-14(18)16(20)12-4-2-3-5-13(12)17(15)21/h2-13,24-25H,1H3;1-5,8-11,21H,6-7,12-13H2;4-9,21H,1-3H3;3-9,20H,1-2H3;2-8,19-20H,1H3;2-9,19H,1H3. The molecule has 0 bridgehead atoms. The topological polar surface area (TPSA) is 383 Å². The van der Waals surface area contributed by atoms with Crippen LogP contribution in [0.5, 0.6) is 23.0 Å². The Hall–Kier alpha value is -17.5. The number of nitro benzene ring substituents is 1. The number of halogens is 4. The summed E-state index contributed by atoms with van der Waals surface area (Å²) < 4.78 is 15.8. The number of aromatic hydroxyl groups is 1. The van der Waals surface area contributed by atoms with Crippen molar-refractivity contribution in [3.8, 4) is 23.0 Å². The SMILES string of the molecule is COc1cc(NC2=C(Cl)C(=O)c3ccccc3C2=O)cc(C)c1OC.COc1ccc(NC2=C(Cl)C(=O)c3ccccc3C2=O)cc1C.Cc1cc(NC2=C(Nc3ccccc3)C(=O)c3ccccc3C2=O)cc([N+](=O)[O-])c1.Cc1ccc(NC2=C(Cl)C(=O)c3ccccc3C2=O)cc1.Cc1ccc(NC2=C(Cl)C(=O)c3ccccc3C2=O)cc1O.O=C1C(Nc2ccccc2)=C(N2CCCC2)C(=O)c2ccccc21. The van der Waals surface area contributed by atoms with E-state index < -0.39 is 10.7 Å². The molecular weight excluding hydrogens is 1930 g/mol. The van der Waals surface area contributed by atoms with Gasteiger partial charge in [-0.3, -0.25) is 67.6 Å². The lowest BCUT2D eigenvalue weighted by Crippen LogP contribution is -2.35. The van der Waals surface area contributed by atoms with Crippen LogP contribution in [0, 0.1) is 44.7 Å². The lowest BCUT2D eigenvalue weighted by atomic mass is 9.89. The number of likely N-dealkylation sites (tertiary alicyclic amines) is 1. The van der Waals surface area contributed by atoms with Crippen LogP contribution in [0.2, 0.25) is 0 Å². The van der Waals surface area contributed by atoms with Crippen molar-refractivity contribution in [2.24, 2.45) is 0 Å². The molecule has 7 aliphatic rings. The van der Waals surface area contributed by atoms with Crippen molar-refractivity contribution in [2.45, 2.75) is 47.5 Å². The first kappa shape index (κ1) is 102. The third-order valence-corrected chi connectivity index (χ3v) is 25.4. The van der Waals surface area contributed by atoms with Crippen molar-refractivity contribution in [1.29, 1.82) is 0 Å². The van der Waals surface area contributed by atoms with Crippen molar-refractivity contribution in [3.63, 3.8) is 0 Å². The minimum Gasteiger partial charge on any atom is -0.508 e. The molecule has 0 unspecified atom stereocenters. The first-order valence-electron chi connectivity index (χ1n) is 45.2. The van der Waals surface area contributed by atoms with Gasteiger partial charge in [0, 0.05) is 144 Å². The molecule has 6 aliphatic carbocycles. The smallest absolute Gasteiger partial charge is 0.271 e. The summed E-state index contributed by atoms with van der Waals surface area (Å²) in [6, 6.07) is 84.4. The lowest BCUT2D eigenvalue weighted by Gasteiger charge is -2.28. The number of allylic oxidation sites excluding steroid dienone is 12. The summed E-state index contributed by atoms with van der Waals surface area (Å²) in [6.45, 7) is 10.8. The molecule has 0 saturated carbocycles. The number of aryl methyl sites for hydroxylation is 5. The molecule has 1 fully saturated rings. The zero-order valence-electron chi connectivity index (χ0n) is 78.9. The summed E-state index contributed by atoms with van der Waals surface area (Å²) >= 11 is 24.4. The molecule has 1 saturated heterocycles. The van der Waals surface area contributed by atoms with Crippen molar-refractivity contribution in [2.75, 3.05) is 71.6 Å². The first-order chi connectivity index (χ1) is 69.7. The lowest BCUT2D eigenvalue weighted by molar-refractivity contribution is -0.384. The Kier molecular flexibility index (Phi) is 31.6. The van der Waals surface area contributed by atoms with E-state index in [1.165, 1.54) is 25.3 Å².